The maximum atomic E-state index is 13.0. The average Bonchev–Trinajstić information content (AvgIpc) is 3.16. The van der Waals surface area contributed by atoms with Crippen molar-refractivity contribution in [3.63, 3.8) is 0 Å². The number of thiazole rings is 1. The van der Waals surface area contributed by atoms with Gasteiger partial charge < -0.3 is 4.57 Å². The lowest BCUT2D eigenvalue weighted by molar-refractivity contribution is 0.626. The largest absolute Gasteiger partial charge is 0.310 e. The van der Waals surface area contributed by atoms with E-state index in [1.807, 2.05) is 41.0 Å². The molecule has 0 spiro atoms. The summed E-state index contributed by atoms with van der Waals surface area (Å²) in [6.45, 7) is 4.90. The maximum Gasteiger partial charge on any atom is 0.269 e. The highest BCUT2D eigenvalue weighted by Gasteiger charge is 2.20. The number of fused-ring (bicyclic) bond motifs is 1. The van der Waals surface area contributed by atoms with Crippen LogP contribution in [0.2, 0.25) is 0 Å². The van der Waals surface area contributed by atoms with Gasteiger partial charge in [0.05, 0.1) is 4.53 Å². The van der Waals surface area contributed by atoms with Crippen molar-refractivity contribution in [2.45, 2.75) is 38.8 Å². The Hall–Kier alpha value is -3.24. The molecule has 1 aliphatic heterocycles. The van der Waals surface area contributed by atoms with Crippen molar-refractivity contribution < 1.29 is 0 Å². The summed E-state index contributed by atoms with van der Waals surface area (Å²) in [7, 11) is 0. The third-order valence-corrected chi connectivity index (χ3v) is 6.11. The normalized spacial score (nSPS) is 15.3. The first-order valence-corrected chi connectivity index (χ1v) is 10.5. The third kappa shape index (κ3) is 3.71. The highest BCUT2D eigenvalue weighted by molar-refractivity contribution is 7.07. The van der Waals surface area contributed by atoms with Gasteiger partial charge in [0.15, 0.2) is 5.82 Å². The smallest absolute Gasteiger partial charge is 0.269 e. The minimum absolute atomic E-state index is 0.128. The second-order valence-electron chi connectivity index (χ2n) is 6.92. The van der Waals surface area contributed by atoms with Crippen LogP contribution in [0.5, 0.6) is 0 Å². The number of nitriles is 1. The van der Waals surface area contributed by atoms with Crippen LogP contribution in [0.3, 0.4) is 0 Å². The fourth-order valence-corrected chi connectivity index (χ4v) is 4.67. The molecule has 0 N–H and O–H groups in total. The monoisotopic (exact) mass is 403 g/mol. The molecule has 3 aromatic rings. The van der Waals surface area contributed by atoms with Crippen molar-refractivity contribution in [3.05, 3.63) is 79.7 Å². The van der Waals surface area contributed by atoms with Crippen LogP contribution in [0.4, 0.5) is 0 Å². The molecule has 0 saturated carbocycles. The van der Waals surface area contributed by atoms with E-state index in [1.54, 1.807) is 10.6 Å². The number of benzene rings is 1. The zero-order valence-electron chi connectivity index (χ0n) is 16.0. The molecule has 0 radical (unpaired) electrons. The predicted molar refractivity (Wildman–Crippen MR) is 114 cm³/mol. The highest BCUT2D eigenvalue weighted by Crippen LogP contribution is 2.18. The molecule has 146 valence electrons. The van der Waals surface area contributed by atoms with E-state index in [0.29, 0.717) is 27.1 Å². The van der Waals surface area contributed by atoms with Crippen LogP contribution in [0.1, 0.15) is 36.5 Å². The molecule has 0 unspecified atom stereocenters. The summed E-state index contributed by atoms with van der Waals surface area (Å²) in [6.07, 6.45) is 7.65. The van der Waals surface area contributed by atoms with Crippen molar-refractivity contribution >= 4 is 23.0 Å². The van der Waals surface area contributed by atoms with Crippen LogP contribution in [0.25, 0.3) is 11.6 Å². The number of aromatic nitrogens is 4. The Balaban J connectivity index is 1.99. The van der Waals surface area contributed by atoms with Crippen LogP contribution in [-0.4, -0.2) is 19.3 Å². The van der Waals surface area contributed by atoms with Gasteiger partial charge in [-0.25, -0.2) is 0 Å². The molecule has 29 heavy (non-hydrogen) atoms. The first-order chi connectivity index (χ1) is 14.2. The summed E-state index contributed by atoms with van der Waals surface area (Å²) in [4.78, 5) is 13.0. The van der Waals surface area contributed by atoms with Gasteiger partial charge in [-0.05, 0) is 24.5 Å². The molecule has 1 aliphatic rings. The summed E-state index contributed by atoms with van der Waals surface area (Å²) in [5.74, 6) is 1.46. The van der Waals surface area contributed by atoms with Gasteiger partial charge in [0.1, 0.15) is 22.1 Å². The van der Waals surface area contributed by atoms with Crippen molar-refractivity contribution in [2.24, 2.45) is 0 Å². The lowest BCUT2D eigenvalue weighted by atomic mass is 10.2. The van der Waals surface area contributed by atoms with E-state index >= 15 is 0 Å². The molecular weight excluding hydrogens is 382 g/mol. The quantitative estimate of drug-likeness (QED) is 0.624. The predicted octanol–water partition coefficient (Wildman–Crippen LogP) is 1.97. The molecule has 0 aliphatic carbocycles. The van der Waals surface area contributed by atoms with Crippen LogP contribution in [-0.2, 0) is 19.5 Å². The number of allylic oxidation sites excluding steroid dienone is 1. The first kappa shape index (κ1) is 19.1. The average molecular weight is 404 g/mol. The zero-order chi connectivity index (χ0) is 20.2. The summed E-state index contributed by atoms with van der Waals surface area (Å²) >= 11 is 1.31. The molecule has 7 heteroatoms. The Morgan fingerprint density at radius 3 is 2.83 bits per heavy atom. The second-order valence-corrected chi connectivity index (χ2v) is 7.95. The van der Waals surface area contributed by atoms with E-state index in [4.69, 9.17) is 0 Å². The second kappa shape index (κ2) is 8.41. The number of hydrogen-bond donors (Lipinski definition) is 0. The van der Waals surface area contributed by atoms with Crippen LogP contribution in [0.15, 0.2) is 47.8 Å². The Kier molecular flexibility index (Phi) is 5.54. The topological polar surface area (TPSA) is 76.5 Å². The lowest BCUT2D eigenvalue weighted by Crippen LogP contribution is -2.32. The Bertz CT molecular complexity index is 1260. The first-order valence-electron chi connectivity index (χ1n) is 9.67. The lowest BCUT2D eigenvalue weighted by Gasteiger charge is -2.06. The van der Waals surface area contributed by atoms with Crippen LogP contribution in [0, 0.1) is 11.3 Å². The van der Waals surface area contributed by atoms with E-state index < -0.39 is 0 Å². The molecule has 1 aromatic carbocycles. The maximum absolute atomic E-state index is 13.0. The Morgan fingerprint density at radius 2 is 2.07 bits per heavy atom. The zero-order valence-corrected chi connectivity index (χ0v) is 16.9. The third-order valence-electron chi connectivity index (χ3n) is 4.98. The minimum Gasteiger partial charge on any atom is -0.310 e. The van der Waals surface area contributed by atoms with E-state index in [2.05, 4.69) is 22.8 Å². The van der Waals surface area contributed by atoms with E-state index in [1.165, 1.54) is 11.3 Å². The molecule has 3 heterocycles. The molecule has 0 amide bonds. The van der Waals surface area contributed by atoms with Gasteiger partial charge in [0, 0.05) is 19.5 Å². The number of nitrogens with zero attached hydrogens (tertiary/aromatic N) is 5. The van der Waals surface area contributed by atoms with Crippen molar-refractivity contribution in [1.29, 1.82) is 5.26 Å². The standard InChI is InChI=1S/C22H21N5OS/c1-2-12-27-21(28)18(14-16-9-5-3-6-10-16)29-22(27)17(15-23)20-25-24-19-11-7-4-8-13-26(19)20/h2-3,5-6,9-10,14H,1,4,7-8,11-13H2/b18-14+,22-17-. The van der Waals surface area contributed by atoms with Crippen molar-refractivity contribution in [1.82, 2.24) is 19.3 Å². The van der Waals surface area contributed by atoms with Crippen molar-refractivity contribution in [2.75, 3.05) is 0 Å². The summed E-state index contributed by atoms with van der Waals surface area (Å²) in [5, 5.41) is 18.6. The summed E-state index contributed by atoms with van der Waals surface area (Å²) in [6, 6.07) is 12.0. The molecular formula is C22H21N5OS. The summed E-state index contributed by atoms with van der Waals surface area (Å²) < 4.78 is 4.81. The number of rotatable bonds is 4. The van der Waals surface area contributed by atoms with Crippen LogP contribution < -0.4 is 14.8 Å². The van der Waals surface area contributed by atoms with E-state index in [9.17, 15) is 10.1 Å². The highest BCUT2D eigenvalue weighted by atomic mass is 32.1. The fourth-order valence-electron chi connectivity index (χ4n) is 3.56. The number of aryl methyl sites for hydroxylation is 1. The molecule has 6 nitrogen and oxygen atoms in total. The molecule has 0 bridgehead atoms. The van der Waals surface area contributed by atoms with Gasteiger partial charge in [-0.3, -0.25) is 9.36 Å². The van der Waals surface area contributed by atoms with Gasteiger partial charge in [0.25, 0.3) is 5.56 Å². The van der Waals surface area contributed by atoms with Gasteiger partial charge >= 0.3 is 0 Å². The van der Waals surface area contributed by atoms with Gasteiger partial charge in [-0.15, -0.1) is 28.1 Å². The van der Waals surface area contributed by atoms with Crippen molar-refractivity contribution in [3.8, 4) is 6.07 Å². The molecule has 4 rings (SSSR count). The van der Waals surface area contributed by atoms with Crippen LogP contribution >= 0.6 is 11.3 Å². The molecule has 0 atom stereocenters. The Morgan fingerprint density at radius 1 is 1.24 bits per heavy atom. The molecule has 2 aromatic heterocycles. The van der Waals surface area contributed by atoms with E-state index in [-0.39, 0.29) is 5.56 Å². The minimum atomic E-state index is -0.128. The fraction of sp³-hybridized carbons (Fsp3) is 0.273. The SMILES string of the molecule is C=CCn1c(=O)/c(=C\c2ccccc2)s/c1=C(/C#N)c1nnc2n1CCCCC2. The molecule has 0 saturated heterocycles. The van der Waals surface area contributed by atoms with Gasteiger partial charge in [-0.2, -0.15) is 5.26 Å². The summed E-state index contributed by atoms with van der Waals surface area (Å²) in [5.41, 5.74) is 1.21. The number of hydrogen-bond acceptors (Lipinski definition) is 5. The van der Waals surface area contributed by atoms with E-state index in [0.717, 1.165) is 43.6 Å². The Labute approximate surface area is 172 Å². The molecule has 0 fully saturated rings. The van der Waals surface area contributed by atoms with Gasteiger partial charge in [-0.1, -0.05) is 42.8 Å². The van der Waals surface area contributed by atoms with Gasteiger partial charge in [0.2, 0.25) is 0 Å².